The van der Waals surface area contributed by atoms with Crippen molar-refractivity contribution in [2.45, 2.75) is 13.2 Å². The molecular formula is C16H13BrF3NO3. The fourth-order valence-electron chi connectivity index (χ4n) is 1.78. The van der Waals surface area contributed by atoms with Crippen LogP contribution in [0.15, 0.2) is 46.9 Å². The standard InChI is InChI=1S/C16H13BrF3NO3/c17-13-7-11(18)3-6-14(13)23-9-15(22)21-8-10-1-4-12(5-2-10)24-16(19)20/h1-7,16H,8-9H2,(H,21,22). The molecule has 128 valence electrons. The van der Waals surface area contributed by atoms with Gasteiger partial charge in [0.25, 0.3) is 5.91 Å². The third kappa shape index (κ3) is 5.77. The number of nitrogens with one attached hydrogen (secondary N) is 1. The first kappa shape index (κ1) is 18.1. The van der Waals surface area contributed by atoms with Crippen molar-refractivity contribution >= 4 is 21.8 Å². The topological polar surface area (TPSA) is 47.6 Å². The van der Waals surface area contributed by atoms with E-state index in [1.807, 2.05) is 0 Å². The Morgan fingerprint density at radius 2 is 1.88 bits per heavy atom. The highest BCUT2D eigenvalue weighted by molar-refractivity contribution is 9.10. The van der Waals surface area contributed by atoms with Crippen molar-refractivity contribution in [2.24, 2.45) is 0 Å². The second-order valence-corrected chi connectivity index (χ2v) is 5.52. The number of carbonyl (C=O) groups is 1. The van der Waals surface area contributed by atoms with E-state index in [1.54, 1.807) is 12.1 Å². The molecule has 0 aromatic heterocycles. The summed E-state index contributed by atoms with van der Waals surface area (Å²) in [5, 5.41) is 2.62. The van der Waals surface area contributed by atoms with Crippen molar-refractivity contribution in [3.63, 3.8) is 0 Å². The van der Waals surface area contributed by atoms with Crippen LogP contribution in [-0.2, 0) is 11.3 Å². The summed E-state index contributed by atoms with van der Waals surface area (Å²) >= 11 is 3.13. The number of benzene rings is 2. The molecule has 1 amide bonds. The molecule has 0 atom stereocenters. The molecule has 4 nitrogen and oxygen atoms in total. The Labute approximate surface area is 144 Å². The molecule has 8 heteroatoms. The van der Waals surface area contributed by atoms with E-state index in [0.717, 1.165) is 0 Å². The number of rotatable bonds is 7. The van der Waals surface area contributed by atoms with Crippen LogP contribution in [0.4, 0.5) is 13.2 Å². The molecule has 0 fully saturated rings. The molecule has 24 heavy (non-hydrogen) atoms. The number of halogens is 4. The van der Waals surface area contributed by atoms with Gasteiger partial charge in [-0.2, -0.15) is 8.78 Å². The van der Waals surface area contributed by atoms with Gasteiger partial charge in [0.2, 0.25) is 0 Å². The van der Waals surface area contributed by atoms with Crippen LogP contribution < -0.4 is 14.8 Å². The maximum absolute atomic E-state index is 12.9. The van der Waals surface area contributed by atoms with Gasteiger partial charge in [-0.1, -0.05) is 12.1 Å². The van der Waals surface area contributed by atoms with Gasteiger partial charge in [-0.15, -0.1) is 0 Å². The van der Waals surface area contributed by atoms with Crippen molar-refractivity contribution in [3.8, 4) is 11.5 Å². The Balaban J connectivity index is 1.78. The van der Waals surface area contributed by atoms with Gasteiger partial charge in [0, 0.05) is 6.54 Å². The fraction of sp³-hybridized carbons (Fsp3) is 0.188. The minimum Gasteiger partial charge on any atom is -0.483 e. The van der Waals surface area contributed by atoms with E-state index in [9.17, 15) is 18.0 Å². The van der Waals surface area contributed by atoms with Gasteiger partial charge in [-0.05, 0) is 51.8 Å². The van der Waals surface area contributed by atoms with Crippen LogP contribution in [0.2, 0.25) is 0 Å². The van der Waals surface area contributed by atoms with Gasteiger partial charge in [0.1, 0.15) is 17.3 Å². The lowest BCUT2D eigenvalue weighted by atomic mass is 10.2. The summed E-state index contributed by atoms with van der Waals surface area (Å²) in [5.41, 5.74) is 0.716. The highest BCUT2D eigenvalue weighted by atomic mass is 79.9. The van der Waals surface area contributed by atoms with Crippen LogP contribution in [-0.4, -0.2) is 19.1 Å². The number of alkyl halides is 2. The molecule has 2 aromatic rings. The molecule has 0 unspecified atom stereocenters. The third-order valence-electron chi connectivity index (χ3n) is 2.89. The largest absolute Gasteiger partial charge is 0.483 e. The summed E-state index contributed by atoms with van der Waals surface area (Å²) in [7, 11) is 0. The molecule has 1 N–H and O–H groups in total. The number of carbonyl (C=O) groups excluding carboxylic acids is 1. The van der Waals surface area contributed by atoms with E-state index in [0.29, 0.717) is 15.8 Å². The van der Waals surface area contributed by atoms with Gasteiger partial charge in [0.15, 0.2) is 6.61 Å². The zero-order valence-corrected chi connectivity index (χ0v) is 13.9. The molecule has 2 aromatic carbocycles. The van der Waals surface area contributed by atoms with Crippen molar-refractivity contribution in [1.29, 1.82) is 0 Å². The zero-order chi connectivity index (χ0) is 17.5. The predicted molar refractivity (Wildman–Crippen MR) is 84.5 cm³/mol. The average molecular weight is 404 g/mol. The Kier molecular flexibility index (Phi) is 6.48. The monoisotopic (exact) mass is 403 g/mol. The van der Waals surface area contributed by atoms with E-state index in [-0.39, 0.29) is 24.8 Å². The van der Waals surface area contributed by atoms with Crippen LogP contribution in [0, 0.1) is 5.82 Å². The Morgan fingerprint density at radius 3 is 2.50 bits per heavy atom. The molecule has 2 rings (SSSR count). The summed E-state index contributed by atoms with van der Waals surface area (Å²) in [6.45, 7) is -2.91. The third-order valence-corrected chi connectivity index (χ3v) is 3.51. The number of hydrogen-bond donors (Lipinski definition) is 1. The molecule has 0 heterocycles. The quantitative estimate of drug-likeness (QED) is 0.762. The summed E-state index contributed by atoms with van der Waals surface area (Å²) in [6, 6.07) is 9.77. The summed E-state index contributed by atoms with van der Waals surface area (Å²) in [5.74, 6) is -0.401. The molecule has 0 aliphatic heterocycles. The van der Waals surface area contributed by atoms with E-state index >= 15 is 0 Å². The molecule has 0 saturated heterocycles. The van der Waals surface area contributed by atoms with Crippen LogP contribution in [0.3, 0.4) is 0 Å². The maximum Gasteiger partial charge on any atom is 0.387 e. The first-order valence-corrected chi connectivity index (χ1v) is 7.61. The van der Waals surface area contributed by atoms with E-state index in [4.69, 9.17) is 4.74 Å². The smallest absolute Gasteiger partial charge is 0.387 e. The predicted octanol–water partition coefficient (Wildman–Crippen LogP) is 3.88. The van der Waals surface area contributed by atoms with Gasteiger partial charge < -0.3 is 14.8 Å². The highest BCUT2D eigenvalue weighted by Crippen LogP contribution is 2.25. The number of amides is 1. The van der Waals surface area contributed by atoms with Crippen molar-refractivity contribution < 1.29 is 27.4 Å². The Bertz CT molecular complexity index is 695. The number of hydrogen-bond acceptors (Lipinski definition) is 3. The molecule has 0 radical (unpaired) electrons. The molecular weight excluding hydrogens is 391 g/mol. The molecule has 0 aliphatic rings. The van der Waals surface area contributed by atoms with Crippen LogP contribution in [0.25, 0.3) is 0 Å². The van der Waals surface area contributed by atoms with Crippen molar-refractivity contribution in [3.05, 3.63) is 58.3 Å². The Morgan fingerprint density at radius 1 is 1.17 bits per heavy atom. The molecule has 0 saturated carbocycles. The van der Waals surface area contributed by atoms with Gasteiger partial charge in [0.05, 0.1) is 4.47 Å². The second-order valence-electron chi connectivity index (χ2n) is 4.66. The van der Waals surface area contributed by atoms with E-state index in [1.165, 1.54) is 30.3 Å². The molecule has 0 bridgehead atoms. The molecule has 0 aliphatic carbocycles. The lowest BCUT2D eigenvalue weighted by Crippen LogP contribution is -2.28. The SMILES string of the molecule is O=C(COc1ccc(F)cc1Br)NCc1ccc(OC(F)F)cc1. The second kappa shape index (κ2) is 8.58. The summed E-state index contributed by atoms with van der Waals surface area (Å²) in [4.78, 5) is 11.7. The highest BCUT2D eigenvalue weighted by Gasteiger charge is 2.07. The Hall–Kier alpha value is -2.22. The normalized spacial score (nSPS) is 10.5. The first-order chi connectivity index (χ1) is 11.4. The number of ether oxygens (including phenoxy) is 2. The van der Waals surface area contributed by atoms with Crippen LogP contribution in [0.5, 0.6) is 11.5 Å². The van der Waals surface area contributed by atoms with Crippen molar-refractivity contribution in [1.82, 2.24) is 5.32 Å². The van der Waals surface area contributed by atoms with Gasteiger partial charge >= 0.3 is 6.61 Å². The zero-order valence-electron chi connectivity index (χ0n) is 12.3. The minimum atomic E-state index is -2.88. The van der Waals surface area contributed by atoms with Crippen LogP contribution in [0.1, 0.15) is 5.56 Å². The lowest BCUT2D eigenvalue weighted by Gasteiger charge is -2.09. The van der Waals surface area contributed by atoms with Gasteiger partial charge in [-0.25, -0.2) is 4.39 Å². The summed E-state index contributed by atoms with van der Waals surface area (Å²) in [6.07, 6.45) is 0. The lowest BCUT2D eigenvalue weighted by molar-refractivity contribution is -0.123. The van der Waals surface area contributed by atoms with E-state index in [2.05, 4.69) is 26.0 Å². The fourth-order valence-corrected chi connectivity index (χ4v) is 2.24. The van der Waals surface area contributed by atoms with Crippen LogP contribution >= 0.6 is 15.9 Å². The van der Waals surface area contributed by atoms with E-state index < -0.39 is 12.4 Å². The summed E-state index contributed by atoms with van der Waals surface area (Å²) < 4.78 is 46.9. The first-order valence-electron chi connectivity index (χ1n) is 6.82. The average Bonchev–Trinajstić information content (AvgIpc) is 2.53. The minimum absolute atomic E-state index is 0.0459. The maximum atomic E-state index is 12.9. The van der Waals surface area contributed by atoms with Crippen molar-refractivity contribution in [2.75, 3.05) is 6.61 Å². The molecule has 0 spiro atoms. The van der Waals surface area contributed by atoms with Gasteiger partial charge in [-0.3, -0.25) is 4.79 Å².